The fourth-order valence-electron chi connectivity index (χ4n) is 2.74. The molecule has 0 aliphatic carbocycles. The normalized spacial score (nSPS) is 10.3. The number of hydrogen-bond donors (Lipinski definition) is 1. The van der Waals surface area contributed by atoms with Crippen molar-refractivity contribution in [2.45, 2.75) is 6.92 Å². The molecule has 3 rings (SSSR count). The van der Waals surface area contributed by atoms with E-state index in [2.05, 4.69) is 5.32 Å². The van der Waals surface area contributed by atoms with E-state index in [1.807, 2.05) is 37.3 Å². The highest BCUT2D eigenvalue weighted by molar-refractivity contribution is 6.30. The summed E-state index contributed by atoms with van der Waals surface area (Å²) in [7, 11) is 0. The van der Waals surface area contributed by atoms with Crippen molar-refractivity contribution in [3.63, 3.8) is 0 Å². The molecule has 0 atom stereocenters. The van der Waals surface area contributed by atoms with Crippen LogP contribution in [0.5, 0.6) is 0 Å². The Labute approximate surface area is 163 Å². The van der Waals surface area contributed by atoms with Gasteiger partial charge in [0.15, 0.2) is 0 Å². The first-order chi connectivity index (χ1) is 13.1. The van der Waals surface area contributed by atoms with Crippen LogP contribution in [0.1, 0.15) is 27.6 Å². The number of carbonyl (C=O) groups excluding carboxylic acids is 2. The van der Waals surface area contributed by atoms with Gasteiger partial charge in [-0.15, -0.1) is 0 Å². The van der Waals surface area contributed by atoms with Crippen molar-refractivity contribution < 1.29 is 9.59 Å². The second kappa shape index (κ2) is 8.52. The first-order valence-corrected chi connectivity index (χ1v) is 9.00. The van der Waals surface area contributed by atoms with Crippen LogP contribution in [0.2, 0.25) is 5.02 Å². The van der Waals surface area contributed by atoms with Gasteiger partial charge in [-0.25, -0.2) is 0 Å². The van der Waals surface area contributed by atoms with E-state index in [0.717, 1.165) is 5.69 Å². The number of nitrogens with one attached hydrogen (secondary N) is 1. The Morgan fingerprint density at radius 1 is 0.889 bits per heavy atom. The van der Waals surface area contributed by atoms with E-state index in [0.29, 0.717) is 28.4 Å². The third-order valence-corrected chi connectivity index (χ3v) is 4.36. The highest BCUT2D eigenvalue weighted by Gasteiger charge is 2.16. The van der Waals surface area contributed by atoms with Crippen molar-refractivity contribution in [2.75, 3.05) is 16.8 Å². The summed E-state index contributed by atoms with van der Waals surface area (Å²) in [6.07, 6.45) is 0. The number of hydrogen-bond acceptors (Lipinski definition) is 2. The van der Waals surface area contributed by atoms with Gasteiger partial charge < -0.3 is 10.2 Å². The average Bonchev–Trinajstić information content (AvgIpc) is 2.70. The first kappa shape index (κ1) is 18.7. The molecule has 0 saturated heterocycles. The number of benzene rings is 3. The van der Waals surface area contributed by atoms with Crippen molar-refractivity contribution in [3.05, 3.63) is 95.0 Å². The van der Waals surface area contributed by atoms with E-state index in [1.165, 1.54) is 0 Å². The summed E-state index contributed by atoms with van der Waals surface area (Å²) in [5.41, 5.74) is 2.40. The molecular weight excluding hydrogens is 360 g/mol. The van der Waals surface area contributed by atoms with Crippen LogP contribution in [0.4, 0.5) is 11.4 Å². The van der Waals surface area contributed by atoms with E-state index in [1.54, 1.807) is 53.4 Å². The fourth-order valence-corrected chi connectivity index (χ4v) is 2.87. The van der Waals surface area contributed by atoms with Crippen molar-refractivity contribution in [1.29, 1.82) is 0 Å². The molecule has 3 aromatic carbocycles. The highest BCUT2D eigenvalue weighted by Crippen LogP contribution is 2.19. The average molecular weight is 379 g/mol. The summed E-state index contributed by atoms with van der Waals surface area (Å²) in [5.74, 6) is -0.377. The highest BCUT2D eigenvalue weighted by atomic mass is 35.5. The fraction of sp³-hybridized carbons (Fsp3) is 0.0909. The summed E-state index contributed by atoms with van der Waals surface area (Å²) in [5, 5.41) is 3.39. The van der Waals surface area contributed by atoms with Crippen LogP contribution >= 0.6 is 11.6 Å². The number of para-hydroxylation sites is 1. The molecule has 0 aliphatic heterocycles. The molecule has 0 saturated carbocycles. The van der Waals surface area contributed by atoms with Crippen LogP contribution in [0.3, 0.4) is 0 Å². The molecule has 0 spiro atoms. The lowest BCUT2D eigenvalue weighted by Gasteiger charge is -2.21. The number of carbonyl (C=O) groups is 2. The van der Waals surface area contributed by atoms with Gasteiger partial charge in [-0.05, 0) is 61.5 Å². The number of halogens is 1. The number of amides is 2. The number of rotatable bonds is 5. The summed E-state index contributed by atoms with van der Waals surface area (Å²) in [6, 6.07) is 23.1. The van der Waals surface area contributed by atoms with Gasteiger partial charge in [0.25, 0.3) is 11.8 Å². The maximum Gasteiger partial charge on any atom is 0.258 e. The van der Waals surface area contributed by atoms with Gasteiger partial charge in [0.05, 0.1) is 0 Å². The number of anilines is 2. The molecule has 0 fully saturated rings. The molecule has 27 heavy (non-hydrogen) atoms. The van der Waals surface area contributed by atoms with Crippen molar-refractivity contribution in [1.82, 2.24) is 0 Å². The molecule has 0 bridgehead atoms. The Morgan fingerprint density at radius 3 is 2.26 bits per heavy atom. The topological polar surface area (TPSA) is 49.4 Å². The molecule has 0 heterocycles. The number of nitrogens with zero attached hydrogens (tertiary/aromatic N) is 1. The van der Waals surface area contributed by atoms with Crippen LogP contribution in [-0.4, -0.2) is 18.4 Å². The van der Waals surface area contributed by atoms with E-state index >= 15 is 0 Å². The molecule has 0 unspecified atom stereocenters. The van der Waals surface area contributed by atoms with Gasteiger partial charge in [0.1, 0.15) is 0 Å². The second-order valence-electron chi connectivity index (χ2n) is 5.93. The first-order valence-electron chi connectivity index (χ1n) is 8.62. The van der Waals surface area contributed by atoms with Crippen LogP contribution < -0.4 is 10.2 Å². The van der Waals surface area contributed by atoms with Crippen LogP contribution in [0, 0.1) is 0 Å². The lowest BCUT2D eigenvalue weighted by atomic mass is 10.1. The Hall–Kier alpha value is -3.11. The van der Waals surface area contributed by atoms with Gasteiger partial charge in [-0.3, -0.25) is 9.59 Å². The molecule has 2 amide bonds. The molecule has 1 N–H and O–H groups in total. The zero-order valence-electron chi connectivity index (χ0n) is 14.9. The maximum atomic E-state index is 12.9. The van der Waals surface area contributed by atoms with Gasteiger partial charge >= 0.3 is 0 Å². The predicted octanol–water partition coefficient (Wildman–Crippen LogP) is 5.26. The molecular formula is C22H19ClN2O2. The Bertz CT molecular complexity index is 940. The molecule has 4 nitrogen and oxygen atoms in total. The summed E-state index contributed by atoms with van der Waals surface area (Å²) >= 11 is 5.85. The Morgan fingerprint density at radius 2 is 1.59 bits per heavy atom. The van der Waals surface area contributed by atoms with Crippen LogP contribution in [0.15, 0.2) is 78.9 Å². The smallest absolute Gasteiger partial charge is 0.258 e. The predicted molar refractivity (Wildman–Crippen MR) is 110 cm³/mol. The third kappa shape index (κ3) is 4.54. The minimum atomic E-state index is -0.258. The van der Waals surface area contributed by atoms with Gasteiger partial charge in [-0.2, -0.15) is 0 Å². The summed E-state index contributed by atoms with van der Waals surface area (Å²) < 4.78 is 0. The second-order valence-corrected chi connectivity index (χ2v) is 6.36. The van der Waals surface area contributed by atoms with Gasteiger partial charge in [0.2, 0.25) is 0 Å². The third-order valence-electron chi connectivity index (χ3n) is 4.10. The maximum absolute atomic E-state index is 12.9. The van der Waals surface area contributed by atoms with Gasteiger partial charge in [0, 0.05) is 34.1 Å². The Balaban J connectivity index is 1.79. The molecule has 136 valence electrons. The molecule has 0 radical (unpaired) electrons. The van der Waals surface area contributed by atoms with Crippen LogP contribution in [0.25, 0.3) is 0 Å². The zero-order valence-corrected chi connectivity index (χ0v) is 15.6. The van der Waals surface area contributed by atoms with E-state index in [9.17, 15) is 9.59 Å². The van der Waals surface area contributed by atoms with E-state index in [4.69, 9.17) is 11.6 Å². The van der Waals surface area contributed by atoms with Crippen molar-refractivity contribution in [3.8, 4) is 0 Å². The summed E-state index contributed by atoms with van der Waals surface area (Å²) in [4.78, 5) is 27.0. The largest absolute Gasteiger partial charge is 0.322 e. The lowest BCUT2D eigenvalue weighted by molar-refractivity contribution is 0.0985. The monoisotopic (exact) mass is 378 g/mol. The minimum Gasteiger partial charge on any atom is -0.322 e. The molecule has 3 aromatic rings. The SMILES string of the molecule is CCN(C(=O)c1cccc(NC(=O)c2ccc(Cl)cc2)c1)c1ccccc1. The van der Waals surface area contributed by atoms with E-state index < -0.39 is 0 Å². The van der Waals surface area contributed by atoms with E-state index in [-0.39, 0.29) is 11.8 Å². The Kier molecular flexibility index (Phi) is 5.89. The zero-order chi connectivity index (χ0) is 19.2. The minimum absolute atomic E-state index is 0.119. The van der Waals surface area contributed by atoms with Gasteiger partial charge in [-0.1, -0.05) is 35.9 Å². The molecule has 0 aliphatic rings. The lowest BCUT2D eigenvalue weighted by Crippen LogP contribution is -2.30. The standard InChI is InChI=1S/C22H19ClN2O2/c1-2-25(20-9-4-3-5-10-20)22(27)17-7-6-8-19(15-17)24-21(26)16-11-13-18(23)14-12-16/h3-15H,2H2,1H3,(H,24,26). The van der Waals surface area contributed by atoms with Crippen molar-refractivity contribution >= 4 is 34.8 Å². The van der Waals surface area contributed by atoms with Crippen LogP contribution in [-0.2, 0) is 0 Å². The van der Waals surface area contributed by atoms with Crippen molar-refractivity contribution in [2.24, 2.45) is 0 Å². The molecule has 5 heteroatoms. The summed E-state index contributed by atoms with van der Waals surface area (Å²) in [6.45, 7) is 2.47. The quantitative estimate of drug-likeness (QED) is 0.658. The molecule has 0 aromatic heterocycles.